The molecule has 1 amide bonds. The Morgan fingerprint density at radius 3 is 2.47 bits per heavy atom. The van der Waals surface area contributed by atoms with Crippen LogP contribution in [0.25, 0.3) is 0 Å². The molecule has 1 aliphatic rings. The lowest BCUT2D eigenvalue weighted by Crippen LogP contribution is -2.24. The van der Waals surface area contributed by atoms with Crippen molar-refractivity contribution in [1.29, 1.82) is 0 Å². The highest BCUT2D eigenvalue weighted by Gasteiger charge is 2.34. The van der Waals surface area contributed by atoms with Gasteiger partial charge in [-0.1, -0.05) is 6.07 Å². The van der Waals surface area contributed by atoms with Crippen molar-refractivity contribution in [1.82, 2.24) is 3.93 Å². The van der Waals surface area contributed by atoms with Crippen molar-refractivity contribution in [3.63, 3.8) is 0 Å². The van der Waals surface area contributed by atoms with Gasteiger partial charge >= 0.3 is 0 Å². The SMILES string of the molecule is NC(=O)C1=COC(c2c(F)cccc2F)N1Br. The van der Waals surface area contributed by atoms with Crippen molar-refractivity contribution < 1.29 is 18.3 Å². The molecule has 1 aliphatic heterocycles. The van der Waals surface area contributed by atoms with Crippen LogP contribution in [0.4, 0.5) is 8.78 Å². The summed E-state index contributed by atoms with van der Waals surface area (Å²) in [6.45, 7) is 0. The molecule has 0 saturated heterocycles. The fourth-order valence-electron chi connectivity index (χ4n) is 1.45. The van der Waals surface area contributed by atoms with Crippen LogP contribution < -0.4 is 5.73 Å². The van der Waals surface area contributed by atoms with Crippen molar-refractivity contribution >= 4 is 22.1 Å². The van der Waals surface area contributed by atoms with Crippen LogP contribution in [0.1, 0.15) is 11.8 Å². The number of amides is 1. The third kappa shape index (κ3) is 1.97. The first-order valence-corrected chi connectivity index (χ1v) is 5.27. The molecule has 1 atom stereocenters. The van der Waals surface area contributed by atoms with Gasteiger partial charge in [-0.05, 0) is 12.1 Å². The van der Waals surface area contributed by atoms with Gasteiger partial charge in [-0.15, -0.1) is 0 Å². The first-order valence-electron chi connectivity index (χ1n) is 4.56. The van der Waals surface area contributed by atoms with E-state index in [1.165, 1.54) is 6.07 Å². The molecule has 1 aromatic rings. The third-order valence-electron chi connectivity index (χ3n) is 2.24. The summed E-state index contributed by atoms with van der Waals surface area (Å²) in [6, 6.07) is 3.44. The summed E-state index contributed by atoms with van der Waals surface area (Å²) in [5.41, 5.74) is 4.75. The highest BCUT2D eigenvalue weighted by Crippen LogP contribution is 2.37. The minimum atomic E-state index is -1.10. The van der Waals surface area contributed by atoms with Crippen molar-refractivity contribution in [2.45, 2.75) is 6.23 Å². The molecule has 17 heavy (non-hydrogen) atoms. The van der Waals surface area contributed by atoms with E-state index in [4.69, 9.17) is 10.5 Å². The van der Waals surface area contributed by atoms with Gasteiger partial charge in [-0.2, -0.15) is 0 Å². The first-order chi connectivity index (χ1) is 8.02. The van der Waals surface area contributed by atoms with Gasteiger partial charge in [0, 0.05) is 0 Å². The predicted molar refractivity (Wildman–Crippen MR) is 58.2 cm³/mol. The largest absolute Gasteiger partial charge is 0.470 e. The molecule has 0 aromatic heterocycles. The molecule has 1 heterocycles. The minimum absolute atomic E-state index is 0.0161. The van der Waals surface area contributed by atoms with Crippen LogP contribution in [-0.2, 0) is 9.53 Å². The molecular formula is C10H7BrF2N2O2. The highest BCUT2D eigenvalue weighted by atomic mass is 79.9. The van der Waals surface area contributed by atoms with E-state index in [9.17, 15) is 13.6 Å². The molecule has 90 valence electrons. The standard InChI is InChI=1S/C10H7BrF2N2O2/c11-15-7(9(14)16)4-17-10(15)8-5(12)2-1-3-6(8)13/h1-4,10H,(H2,14,16). The van der Waals surface area contributed by atoms with E-state index in [0.717, 1.165) is 22.3 Å². The van der Waals surface area contributed by atoms with E-state index in [1.807, 2.05) is 0 Å². The molecular weight excluding hydrogens is 298 g/mol. The van der Waals surface area contributed by atoms with Gasteiger partial charge in [0.15, 0.2) is 5.70 Å². The van der Waals surface area contributed by atoms with E-state index in [0.29, 0.717) is 0 Å². The minimum Gasteiger partial charge on any atom is -0.470 e. The lowest BCUT2D eigenvalue weighted by molar-refractivity contribution is -0.115. The maximum absolute atomic E-state index is 13.5. The Morgan fingerprint density at radius 1 is 1.41 bits per heavy atom. The monoisotopic (exact) mass is 304 g/mol. The Morgan fingerprint density at radius 2 is 2.00 bits per heavy atom. The van der Waals surface area contributed by atoms with Crippen LogP contribution in [0.15, 0.2) is 30.2 Å². The fraction of sp³-hybridized carbons (Fsp3) is 0.100. The van der Waals surface area contributed by atoms with Gasteiger partial charge in [0.05, 0.1) is 21.7 Å². The number of halogens is 3. The first kappa shape index (κ1) is 11.8. The Labute approximate surface area is 104 Å². The van der Waals surface area contributed by atoms with Crippen LogP contribution in [0, 0.1) is 11.6 Å². The number of benzene rings is 1. The van der Waals surface area contributed by atoms with Crippen LogP contribution in [0.5, 0.6) is 0 Å². The Kier molecular flexibility index (Phi) is 3.01. The molecule has 0 radical (unpaired) electrons. The zero-order valence-corrected chi connectivity index (χ0v) is 9.95. The molecule has 4 nitrogen and oxygen atoms in total. The quantitative estimate of drug-likeness (QED) is 0.850. The molecule has 0 fully saturated rings. The normalized spacial score (nSPS) is 18.9. The summed E-state index contributed by atoms with van der Waals surface area (Å²) < 4.78 is 33.1. The molecule has 0 spiro atoms. The highest BCUT2D eigenvalue weighted by molar-refractivity contribution is 9.07. The molecule has 0 aliphatic carbocycles. The maximum atomic E-state index is 13.5. The topological polar surface area (TPSA) is 55.6 Å². The number of hydrogen-bond donors (Lipinski definition) is 1. The smallest absolute Gasteiger partial charge is 0.269 e. The molecule has 2 N–H and O–H groups in total. The second kappa shape index (κ2) is 4.33. The molecule has 1 unspecified atom stereocenters. The van der Waals surface area contributed by atoms with E-state index < -0.39 is 23.8 Å². The number of nitrogens with zero attached hydrogens (tertiary/aromatic N) is 1. The summed E-state index contributed by atoms with van der Waals surface area (Å²) in [6.07, 6.45) is -0.0492. The summed E-state index contributed by atoms with van der Waals surface area (Å²) in [5, 5.41) is 0. The second-order valence-corrected chi connectivity index (χ2v) is 4.07. The number of ether oxygens (including phenoxy) is 1. The number of hydrogen-bond acceptors (Lipinski definition) is 3. The predicted octanol–water partition coefficient (Wildman–Crippen LogP) is 1.93. The van der Waals surface area contributed by atoms with E-state index in [-0.39, 0.29) is 11.3 Å². The average molecular weight is 305 g/mol. The summed E-state index contributed by atoms with van der Waals surface area (Å²) in [4.78, 5) is 11.0. The van der Waals surface area contributed by atoms with Crippen LogP contribution in [-0.4, -0.2) is 9.83 Å². The Balaban J connectivity index is 2.36. The van der Waals surface area contributed by atoms with Crippen LogP contribution in [0.3, 0.4) is 0 Å². The number of primary amides is 1. The van der Waals surface area contributed by atoms with Gasteiger partial charge < -0.3 is 10.5 Å². The lowest BCUT2D eigenvalue weighted by Gasteiger charge is -2.20. The summed E-state index contributed by atoms with van der Waals surface area (Å²) in [5.74, 6) is -2.29. The number of carbonyl (C=O) groups excluding carboxylic acids is 1. The average Bonchev–Trinajstić information content (AvgIpc) is 2.61. The fourth-order valence-corrected chi connectivity index (χ4v) is 2.01. The number of carbonyl (C=O) groups is 1. The van der Waals surface area contributed by atoms with E-state index in [2.05, 4.69) is 16.1 Å². The Bertz CT molecular complexity index is 487. The molecule has 7 heteroatoms. The van der Waals surface area contributed by atoms with Crippen molar-refractivity contribution in [3.8, 4) is 0 Å². The van der Waals surface area contributed by atoms with Crippen molar-refractivity contribution in [3.05, 3.63) is 47.4 Å². The Hall–Kier alpha value is -1.63. The summed E-state index contributed by atoms with van der Waals surface area (Å²) in [7, 11) is 0. The van der Waals surface area contributed by atoms with E-state index in [1.54, 1.807) is 0 Å². The number of nitrogens with two attached hydrogens (primary N) is 1. The molecule has 0 bridgehead atoms. The van der Waals surface area contributed by atoms with E-state index >= 15 is 0 Å². The zero-order chi connectivity index (χ0) is 12.6. The molecule has 2 rings (SSSR count). The number of rotatable bonds is 2. The molecule has 1 aromatic carbocycles. The van der Waals surface area contributed by atoms with Gasteiger partial charge in [0.25, 0.3) is 5.91 Å². The maximum Gasteiger partial charge on any atom is 0.269 e. The van der Waals surface area contributed by atoms with Crippen molar-refractivity contribution in [2.24, 2.45) is 5.73 Å². The van der Waals surface area contributed by atoms with Gasteiger partial charge in [-0.3, -0.25) is 8.72 Å². The lowest BCUT2D eigenvalue weighted by atomic mass is 10.1. The van der Waals surface area contributed by atoms with Crippen LogP contribution in [0.2, 0.25) is 0 Å². The van der Waals surface area contributed by atoms with Gasteiger partial charge in [0.1, 0.15) is 17.9 Å². The summed E-state index contributed by atoms with van der Waals surface area (Å²) >= 11 is 2.98. The zero-order valence-electron chi connectivity index (χ0n) is 8.36. The molecule has 0 saturated carbocycles. The van der Waals surface area contributed by atoms with Gasteiger partial charge in [0.2, 0.25) is 6.23 Å². The van der Waals surface area contributed by atoms with Gasteiger partial charge in [-0.25, -0.2) is 8.78 Å². The van der Waals surface area contributed by atoms with Crippen molar-refractivity contribution in [2.75, 3.05) is 0 Å². The van der Waals surface area contributed by atoms with Crippen LogP contribution >= 0.6 is 16.1 Å². The third-order valence-corrected chi connectivity index (χ3v) is 3.00. The second-order valence-electron chi connectivity index (χ2n) is 3.30.